The lowest BCUT2D eigenvalue weighted by Crippen LogP contribution is -2.01. The fourth-order valence-corrected chi connectivity index (χ4v) is 1.49. The molecule has 0 saturated carbocycles. The minimum Gasteiger partial charge on any atom is -0.481 e. The van der Waals surface area contributed by atoms with Crippen LogP contribution in [0.25, 0.3) is 0 Å². The van der Waals surface area contributed by atoms with Crippen LogP contribution in [0.3, 0.4) is 0 Å². The van der Waals surface area contributed by atoms with Gasteiger partial charge in [-0.2, -0.15) is 4.98 Å². The lowest BCUT2D eigenvalue weighted by atomic mass is 10.2. The van der Waals surface area contributed by atoms with Gasteiger partial charge in [0.15, 0.2) is 24.0 Å². The number of aromatic nitrogens is 2. The van der Waals surface area contributed by atoms with Crippen LogP contribution in [0.1, 0.15) is 37.0 Å². The minimum atomic E-state index is -0.452. The van der Waals surface area contributed by atoms with Crippen LogP contribution in [-0.2, 0) is 13.2 Å². The molecule has 0 fully saturated rings. The molecule has 0 bridgehead atoms. The highest BCUT2D eigenvalue weighted by Crippen LogP contribution is 2.19. The lowest BCUT2D eigenvalue weighted by Gasteiger charge is -2.05. The first-order chi connectivity index (χ1) is 9.10. The molecule has 1 aromatic heterocycles. The van der Waals surface area contributed by atoms with Gasteiger partial charge in [-0.1, -0.05) is 25.1 Å². The summed E-state index contributed by atoms with van der Waals surface area (Å²) in [6.07, 6.45) is 0. The number of ether oxygens (including phenoxy) is 1. The summed E-state index contributed by atoms with van der Waals surface area (Å²) >= 11 is 0. The third kappa shape index (κ3) is 3.29. The zero-order valence-electron chi connectivity index (χ0n) is 10.9. The van der Waals surface area contributed by atoms with Crippen LogP contribution < -0.4 is 10.5 Å². The van der Waals surface area contributed by atoms with Gasteiger partial charge in [-0.15, -0.1) is 0 Å². The lowest BCUT2D eigenvalue weighted by molar-refractivity contribution is 0.234. The van der Waals surface area contributed by atoms with Gasteiger partial charge in [0, 0.05) is 12.5 Å². The van der Waals surface area contributed by atoms with Crippen LogP contribution in [0.15, 0.2) is 22.7 Å². The van der Waals surface area contributed by atoms with E-state index in [0.29, 0.717) is 23.8 Å². The molecule has 6 heteroatoms. The van der Waals surface area contributed by atoms with Crippen molar-refractivity contribution in [3.63, 3.8) is 0 Å². The smallest absolute Gasteiger partial charge is 0.264 e. The Labute approximate surface area is 110 Å². The van der Waals surface area contributed by atoms with Crippen molar-refractivity contribution in [2.24, 2.45) is 5.73 Å². The molecule has 2 aromatic rings. The Bertz CT molecular complexity index is 555. The van der Waals surface area contributed by atoms with Crippen molar-refractivity contribution in [3.8, 4) is 5.75 Å². The van der Waals surface area contributed by atoms with Crippen molar-refractivity contribution < 1.29 is 13.7 Å². The fourth-order valence-electron chi connectivity index (χ4n) is 1.49. The molecule has 0 radical (unpaired) electrons. The first-order valence-corrected chi connectivity index (χ1v) is 6.04. The van der Waals surface area contributed by atoms with Crippen molar-refractivity contribution in [1.29, 1.82) is 0 Å². The second-order valence-corrected chi connectivity index (χ2v) is 4.46. The molecule has 0 unspecified atom stereocenters. The van der Waals surface area contributed by atoms with E-state index < -0.39 is 5.82 Å². The number of rotatable bonds is 5. The number of nitrogens with zero attached hydrogens (tertiary/aromatic N) is 2. The first kappa shape index (κ1) is 13.5. The van der Waals surface area contributed by atoms with Gasteiger partial charge in [-0.25, -0.2) is 4.39 Å². The van der Waals surface area contributed by atoms with Gasteiger partial charge in [-0.3, -0.25) is 0 Å². The molecular formula is C13H16FN3O2. The molecule has 0 aliphatic heterocycles. The van der Waals surface area contributed by atoms with Crippen LogP contribution in [0.5, 0.6) is 5.75 Å². The van der Waals surface area contributed by atoms with E-state index in [1.165, 1.54) is 12.1 Å². The zero-order chi connectivity index (χ0) is 13.8. The summed E-state index contributed by atoms with van der Waals surface area (Å²) in [6.45, 7) is 4.25. The topological polar surface area (TPSA) is 74.2 Å². The summed E-state index contributed by atoms with van der Waals surface area (Å²) in [5, 5.41) is 3.80. The van der Waals surface area contributed by atoms with E-state index in [1.807, 2.05) is 13.8 Å². The largest absolute Gasteiger partial charge is 0.481 e. The number of hydrogen-bond acceptors (Lipinski definition) is 5. The van der Waals surface area contributed by atoms with Crippen LogP contribution in [0.2, 0.25) is 0 Å². The number of halogens is 1. The molecule has 5 nitrogen and oxygen atoms in total. The Hall–Kier alpha value is -1.95. The van der Waals surface area contributed by atoms with E-state index in [0.717, 1.165) is 0 Å². The minimum absolute atomic E-state index is 0.0403. The first-order valence-electron chi connectivity index (χ1n) is 6.04. The molecule has 2 N–H and O–H groups in total. The van der Waals surface area contributed by atoms with Crippen molar-refractivity contribution in [1.82, 2.24) is 10.1 Å². The number of benzene rings is 1. The third-order valence-corrected chi connectivity index (χ3v) is 2.58. The molecule has 0 amide bonds. The van der Waals surface area contributed by atoms with E-state index >= 15 is 0 Å². The summed E-state index contributed by atoms with van der Waals surface area (Å²) < 4.78 is 23.9. The predicted octanol–water partition coefficient (Wildman–Crippen LogP) is 2.37. The highest BCUT2D eigenvalue weighted by molar-refractivity contribution is 5.29. The van der Waals surface area contributed by atoms with Crippen molar-refractivity contribution in [2.75, 3.05) is 0 Å². The van der Waals surface area contributed by atoms with Gasteiger partial charge in [0.05, 0.1) is 0 Å². The van der Waals surface area contributed by atoms with Gasteiger partial charge in [-0.05, 0) is 17.7 Å². The average Bonchev–Trinajstić information content (AvgIpc) is 2.86. The molecule has 1 heterocycles. The van der Waals surface area contributed by atoms with Crippen LogP contribution >= 0.6 is 0 Å². The Morgan fingerprint density at radius 3 is 2.79 bits per heavy atom. The standard InChI is InChI=1S/C13H16FN3O2/c1-8(2)13-16-12(19-17-13)7-18-11-4-3-9(6-15)5-10(11)14/h3-5,8H,6-7,15H2,1-2H3. The maximum absolute atomic E-state index is 13.6. The van der Waals surface area contributed by atoms with E-state index in [-0.39, 0.29) is 18.3 Å². The molecule has 102 valence electrons. The quantitative estimate of drug-likeness (QED) is 0.898. The van der Waals surface area contributed by atoms with Gasteiger partial charge in [0.2, 0.25) is 0 Å². The molecular weight excluding hydrogens is 249 g/mol. The molecule has 2 rings (SSSR count). The van der Waals surface area contributed by atoms with Crippen LogP contribution in [-0.4, -0.2) is 10.1 Å². The van der Waals surface area contributed by atoms with Gasteiger partial charge in [0.1, 0.15) is 0 Å². The molecule has 0 spiro atoms. The van der Waals surface area contributed by atoms with Crippen molar-refractivity contribution >= 4 is 0 Å². The maximum atomic E-state index is 13.6. The van der Waals surface area contributed by atoms with E-state index in [2.05, 4.69) is 10.1 Å². The van der Waals surface area contributed by atoms with Crippen LogP contribution in [0.4, 0.5) is 4.39 Å². The van der Waals surface area contributed by atoms with Gasteiger partial charge < -0.3 is 15.0 Å². The Morgan fingerprint density at radius 2 is 2.21 bits per heavy atom. The summed E-state index contributed by atoms with van der Waals surface area (Å²) in [7, 11) is 0. The molecule has 0 aliphatic rings. The maximum Gasteiger partial charge on any atom is 0.264 e. The van der Waals surface area contributed by atoms with Gasteiger partial charge in [0.25, 0.3) is 5.89 Å². The van der Waals surface area contributed by atoms with Gasteiger partial charge >= 0.3 is 0 Å². The average molecular weight is 265 g/mol. The van der Waals surface area contributed by atoms with Crippen LogP contribution in [0, 0.1) is 5.82 Å². The third-order valence-electron chi connectivity index (χ3n) is 2.58. The summed E-state index contributed by atoms with van der Waals surface area (Å²) in [5.41, 5.74) is 6.14. The Balaban J connectivity index is 2.01. The number of hydrogen-bond donors (Lipinski definition) is 1. The summed E-state index contributed by atoms with van der Waals surface area (Å²) in [6, 6.07) is 4.60. The predicted molar refractivity (Wildman–Crippen MR) is 67.0 cm³/mol. The molecule has 19 heavy (non-hydrogen) atoms. The highest BCUT2D eigenvalue weighted by Gasteiger charge is 2.11. The summed E-state index contributed by atoms with van der Waals surface area (Å²) in [5.74, 6) is 0.801. The SMILES string of the molecule is CC(C)c1noc(COc2ccc(CN)cc2F)n1. The Morgan fingerprint density at radius 1 is 1.42 bits per heavy atom. The fraction of sp³-hybridized carbons (Fsp3) is 0.385. The molecule has 0 aliphatic carbocycles. The van der Waals surface area contributed by atoms with Crippen molar-refractivity contribution in [3.05, 3.63) is 41.3 Å². The van der Waals surface area contributed by atoms with E-state index in [4.69, 9.17) is 15.0 Å². The zero-order valence-corrected chi connectivity index (χ0v) is 10.9. The van der Waals surface area contributed by atoms with E-state index in [9.17, 15) is 4.39 Å². The second kappa shape index (κ2) is 5.79. The molecule has 1 aromatic carbocycles. The molecule has 0 atom stereocenters. The van der Waals surface area contributed by atoms with E-state index in [1.54, 1.807) is 6.07 Å². The normalized spacial score (nSPS) is 11.0. The Kier molecular flexibility index (Phi) is 4.11. The monoisotopic (exact) mass is 265 g/mol. The molecule has 0 saturated heterocycles. The second-order valence-electron chi connectivity index (χ2n) is 4.46. The summed E-state index contributed by atoms with van der Waals surface area (Å²) in [4.78, 5) is 4.14. The highest BCUT2D eigenvalue weighted by atomic mass is 19.1. The number of nitrogens with two attached hydrogens (primary N) is 1. The van der Waals surface area contributed by atoms with Crippen molar-refractivity contribution in [2.45, 2.75) is 32.9 Å².